The number of hydrogen-bond donors (Lipinski definition) is 1. The molecule has 4 aromatic rings. The lowest BCUT2D eigenvalue weighted by atomic mass is 10.2. The number of pyridine rings is 1. The summed E-state index contributed by atoms with van der Waals surface area (Å²) < 4.78 is 7.30. The van der Waals surface area contributed by atoms with Crippen molar-refractivity contribution in [3.05, 3.63) is 101 Å². The molecule has 0 aliphatic heterocycles. The van der Waals surface area contributed by atoms with Gasteiger partial charge in [-0.15, -0.1) is 0 Å². The highest BCUT2D eigenvalue weighted by Crippen LogP contribution is 2.24. The summed E-state index contributed by atoms with van der Waals surface area (Å²) >= 11 is 6.47. The van der Waals surface area contributed by atoms with Crippen molar-refractivity contribution in [3.63, 3.8) is 0 Å². The van der Waals surface area contributed by atoms with Gasteiger partial charge < -0.3 is 10.1 Å². The molecule has 150 valence electrons. The highest BCUT2D eigenvalue weighted by molar-refractivity contribution is 6.33. The number of aryl methyl sites for hydroxylation is 1. The van der Waals surface area contributed by atoms with Gasteiger partial charge in [0, 0.05) is 18.8 Å². The monoisotopic (exact) mass is 418 g/mol. The number of nitrogens with zero attached hydrogens (tertiary/aromatic N) is 3. The molecule has 6 nitrogen and oxygen atoms in total. The van der Waals surface area contributed by atoms with Crippen molar-refractivity contribution < 1.29 is 9.53 Å². The molecular formula is C23H19ClN4O2. The fourth-order valence-electron chi connectivity index (χ4n) is 2.99. The van der Waals surface area contributed by atoms with Crippen molar-refractivity contribution in [3.8, 4) is 17.3 Å². The fraction of sp³-hybridized carbons (Fsp3) is 0.0870. The van der Waals surface area contributed by atoms with E-state index < -0.39 is 0 Å². The molecule has 2 heterocycles. The molecule has 0 saturated carbocycles. The van der Waals surface area contributed by atoms with Crippen LogP contribution in [0.1, 0.15) is 21.6 Å². The van der Waals surface area contributed by atoms with Crippen LogP contribution in [0, 0.1) is 6.92 Å². The van der Waals surface area contributed by atoms with E-state index in [0.717, 1.165) is 11.3 Å². The predicted molar refractivity (Wildman–Crippen MR) is 115 cm³/mol. The number of nitrogens with one attached hydrogen (secondary N) is 1. The largest absolute Gasteiger partial charge is 0.439 e. The maximum atomic E-state index is 12.8. The maximum Gasteiger partial charge on any atom is 0.256 e. The molecule has 0 spiro atoms. The summed E-state index contributed by atoms with van der Waals surface area (Å²) in [6.07, 6.45) is 1.64. The molecule has 30 heavy (non-hydrogen) atoms. The lowest BCUT2D eigenvalue weighted by Crippen LogP contribution is -2.23. The fourth-order valence-corrected chi connectivity index (χ4v) is 3.35. The Labute approximate surface area is 179 Å². The molecule has 1 amide bonds. The maximum absolute atomic E-state index is 12.8. The third-order valence-electron chi connectivity index (χ3n) is 4.45. The Bertz CT molecular complexity index is 1160. The second-order valence-electron chi connectivity index (χ2n) is 6.60. The van der Waals surface area contributed by atoms with Crippen molar-refractivity contribution >= 4 is 17.5 Å². The van der Waals surface area contributed by atoms with E-state index in [1.165, 1.54) is 0 Å². The van der Waals surface area contributed by atoms with Crippen LogP contribution in [0.2, 0.25) is 5.15 Å². The average molecular weight is 419 g/mol. The summed E-state index contributed by atoms with van der Waals surface area (Å²) in [4.78, 5) is 17.0. The van der Waals surface area contributed by atoms with Crippen molar-refractivity contribution in [2.45, 2.75) is 13.5 Å². The van der Waals surface area contributed by atoms with Crippen LogP contribution in [0.5, 0.6) is 11.6 Å². The van der Waals surface area contributed by atoms with E-state index in [1.807, 2.05) is 66.7 Å². The molecule has 2 aromatic heterocycles. The summed E-state index contributed by atoms with van der Waals surface area (Å²) in [5.41, 5.74) is 2.56. The number of carbonyl (C=O) groups is 1. The van der Waals surface area contributed by atoms with Crippen LogP contribution in [0.25, 0.3) is 5.69 Å². The molecule has 1 N–H and O–H groups in total. The number of ether oxygens (including phenoxy) is 1. The van der Waals surface area contributed by atoms with Gasteiger partial charge in [-0.1, -0.05) is 48.0 Å². The SMILES string of the molecule is Cc1nn(-c2ccccc2)c(Cl)c1C(=O)NCc1ccnc(Oc2ccccc2)c1. The quantitative estimate of drug-likeness (QED) is 0.481. The van der Waals surface area contributed by atoms with E-state index in [4.69, 9.17) is 16.3 Å². The molecule has 0 bridgehead atoms. The third-order valence-corrected chi connectivity index (χ3v) is 4.80. The molecule has 0 aliphatic rings. The van der Waals surface area contributed by atoms with Gasteiger partial charge in [0.2, 0.25) is 5.88 Å². The summed E-state index contributed by atoms with van der Waals surface area (Å²) in [5, 5.41) is 7.58. The van der Waals surface area contributed by atoms with Gasteiger partial charge in [0.1, 0.15) is 10.9 Å². The molecular weight excluding hydrogens is 400 g/mol. The minimum absolute atomic E-state index is 0.277. The molecule has 0 unspecified atom stereocenters. The van der Waals surface area contributed by atoms with Gasteiger partial charge in [0.05, 0.1) is 16.9 Å². The van der Waals surface area contributed by atoms with Crippen LogP contribution >= 0.6 is 11.6 Å². The van der Waals surface area contributed by atoms with Crippen molar-refractivity contribution in [1.29, 1.82) is 0 Å². The predicted octanol–water partition coefficient (Wildman–Crippen LogP) is 4.95. The Morgan fingerprint density at radius 2 is 1.77 bits per heavy atom. The Hall–Kier alpha value is -3.64. The third kappa shape index (κ3) is 4.34. The zero-order valence-corrected chi connectivity index (χ0v) is 17.0. The molecule has 4 rings (SSSR count). The first-order valence-corrected chi connectivity index (χ1v) is 9.76. The van der Waals surface area contributed by atoms with Crippen molar-refractivity contribution in [2.75, 3.05) is 0 Å². The molecule has 2 aromatic carbocycles. The molecule has 7 heteroatoms. The van der Waals surface area contributed by atoms with E-state index >= 15 is 0 Å². The molecule has 0 aliphatic carbocycles. The Morgan fingerprint density at radius 3 is 2.50 bits per heavy atom. The Morgan fingerprint density at radius 1 is 1.07 bits per heavy atom. The zero-order valence-electron chi connectivity index (χ0n) is 16.2. The molecule has 0 atom stereocenters. The molecule has 0 saturated heterocycles. The second-order valence-corrected chi connectivity index (χ2v) is 6.96. The van der Waals surface area contributed by atoms with Gasteiger partial charge >= 0.3 is 0 Å². The molecule has 0 fully saturated rings. The van der Waals surface area contributed by atoms with Gasteiger partial charge in [-0.05, 0) is 42.8 Å². The van der Waals surface area contributed by atoms with Crippen molar-refractivity contribution in [2.24, 2.45) is 0 Å². The lowest BCUT2D eigenvalue weighted by Gasteiger charge is -2.08. The Balaban J connectivity index is 1.47. The number of benzene rings is 2. The summed E-state index contributed by atoms with van der Waals surface area (Å²) in [7, 11) is 0. The first kappa shape index (κ1) is 19.7. The first-order valence-electron chi connectivity index (χ1n) is 9.38. The van der Waals surface area contributed by atoms with Crippen molar-refractivity contribution in [1.82, 2.24) is 20.1 Å². The van der Waals surface area contributed by atoms with Gasteiger partial charge in [-0.2, -0.15) is 5.10 Å². The van der Waals surface area contributed by atoms with Gasteiger partial charge in [0.15, 0.2) is 0 Å². The Kier molecular flexibility index (Phi) is 5.77. The van der Waals surface area contributed by atoms with Crippen LogP contribution in [0.15, 0.2) is 79.0 Å². The van der Waals surface area contributed by atoms with Gasteiger partial charge in [0.25, 0.3) is 5.91 Å². The average Bonchev–Trinajstić information content (AvgIpc) is 3.08. The number of carbonyl (C=O) groups excluding carboxylic acids is 1. The topological polar surface area (TPSA) is 69.0 Å². The van der Waals surface area contributed by atoms with Crippen LogP contribution in [0.4, 0.5) is 0 Å². The van der Waals surface area contributed by atoms with Crippen LogP contribution in [-0.4, -0.2) is 20.7 Å². The minimum atomic E-state index is -0.290. The number of amides is 1. The highest BCUT2D eigenvalue weighted by atomic mass is 35.5. The summed E-state index contributed by atoms with van der Waals surface area (Å²) in [6.45, 7) is 2.07. The highest BCUT2D eigenvalue weighted by Gasteiger charge is 2.21. The van der Waals surface area contributed by atoms with E-state index in [0.29, 0.717) is 29.4 Å². The normalized spacial score (nSPS) is 10.6. The van der Waals surface area contributed by atoms with E-state index in [2.05, 4.69) is 15.4 Å². The number of rotatable bonds is 6. The van der Waals surface area contributed by atoms with E-state index in [1.54, 1.807) is 23.9 Å². The lowest BCUT2D eigenvalue weighted by molar-refractivity contribution is 0.0950. The van der Waals surface area contributed by atoms with Gasteiger partial charge in [-0.25, -0.2) is 9.67 Å². The summed E-state index contributed by atoms with van der Waals surface area (Å²) in [5.74, 6) is 0.864. The zero-order chi connectivity index (χ0) is 20.9. The summed E-state index contributed by atoms with van der Waals surface area (Å²) in [6, 6.07) is 22.5. The first-order chi connectivity index (χ1) is 14.6. The van der Waals surface area contributed by atoms with Crippen LogP contribution in [-0.2, 0) is 6.54 Å². The molecule has 0 radical (unpaired) electrons. The van der Waals surface area contributed by atoms with Crippen LogP contribution < -0.4 is 10.1 Å². The van der Waals surface area contributed by atoms with Gasteiger partial charge in [-0.3, -0.25) is 4.79 Å². The number of hydrogen-bond acceptors (Lipinski definition) is 4. The minimum Gasteiger partial charge on any atom is -0.439 e. The smallest absolute Gasteiger partial charge is 0.256 e. The second kappa shape index (κ2) is 8.80. The number of para-hydroxylation sites is 2. The standard InChI is InChI=1S/C23H19ClN4O2/c1-16-21(22(24)28(27-16)18-8-4-2-5-9-18)23(29)26-15-17-12-13-25-20(14-17)30-19-10-6-3-7-11-19/h2-14H,15H2,1H3,(H,26,29). The van der Waals surface area contributed by atoms with E-state index in [-0.39, 0.29) is 11.1 Å². The number of aromatic nitrogens is 3. The van der Waals surface area contributed by atoms with Crippen LogP contribution in [0.3, 0.4) is 0 Å². The van der Waals surface area contributed by atoms with E-state index in [9.17, 15) is 4.79 Å². The number of halogens is 1.